The molecule has 1 atom stereocenters. The van der Waals surface area contributed by atoms with Crippen LogP contribution in [0.1, 0.15) is 23.2 Å². The Morgan fingerprint density at radius 1 is 1.44 bits per heavy atom. The molecule has 1 fully saturated rings. The first-order chi connectivity index (χ1) is 8.69. The van der Waals surface area contributed by atoms with Gasteiger partial charge in [0.1, 0.15) is 0 Å². The van der Waals surface area contributed by atoms with Gasteiger partial charge in [0, 0.05) is 43.8 Å². The van der Waals surface area contributed by atoms with E-state index in [1.54, 1.807) is 31.4 Å². The number of Topliss-reactive ketones (excluding diaryl/α,β-unsaturated/α-hetero) is 1. The van der Waals surface area contributed by atoms with Crippen LogP contribution in [0.5, 0.6) is 0 Å². The largest absolute Gasteiger partial charge is 0.380 e. The van der Waals surface area contributed by atoms with E-state index in [9.17, 15) is 4.79 Å². The van der Waals surface area contributed by atoms with Gasteiger partial charge >= 0.3 is 0 Å². The number of nitrogens with zero attached hydrogens (tertiary/aromatic N) is 1. The van der Waals surface area contributed by atoms with E-state index in [0.29, 0.717) is 17.5 Å². The monoisotopic (exact) mass is 267 g/mol. The van der Waals surface area contributed by atoms with Gasteiger partial charge in [-0.15, -0.1) is 0 Å². The summed E-state index contributed by atoms with van der Waals surface area (Å²) in [6.45, 7) is 2.76. The van der Waals surface area contributed by atoms with Crippen LogP contribution in [0.15, 0.2) is 24.3 Å². The standard InChI is InChI=1S/C14H18ClNO2/c1-18-13-6-8-16(10-13)9-7-14(17)11-2-4-12(15)5-3-11/h2-5,13H,6-10H2,1H3. The predicted octanol–water partition coefficient (Wildman–Crippen LogP) is 2.63. The van der Waals surface area contributed by atoms with Gasteiger partial charge in [0.15, 0.2) is 5.78 Å². The Labute approximate surface area is 113 Å². The van der Waals surface area contributed by atoms with Gasteiger partial charge in [-0.05, 0) is 30.7 Å². The van der Waals surface area contributed by atoms with Crippen LogP contribution in [-0.2, 0) is 4.74 Å². The lowest BCUT2D eigenvalue weighted by Crippen LogP contribution is -2.25. The van der Waals surface area contributed by atoms with Crippen molar-refractivity contribution >= 4 is 17.4 Å². The van der Waals surface area contributed by atoms with Crippen LogP contribution in [0, 0.1) is 0 Å². The molecule has 0 radical (unpaired) electrons. The van der Waals surface area contributed by atoms with Gasteiger partial charge in [0.05, 0.1) is 6.10 Å². The molecule has 0 aromatic heterocycles. The number of methoxy groups -OCH3 is 1. The van der Waals surface area contributed by atoms with Crippen LogP contribution in [0.4, 0.5) is 0 Å². The SMILES string of the molecule is COC1CCN(CCC(=O)c2ccc(Cl)cc2)C1. The van der Waals surface area contributed by atoms with Crippen molar-refractivity contribution in [1.29, 1.82) is 0 Å². The van der Waals surface area contributed by atoms with Crippen molar-refractivity contribution < 1.29 is 9.53 Å². The summed E-state index contributed by atoms with van der Waals surface area (Å²) in [5.74, 6) is 0.174. The Kier molecular flexibility index (Phi) is 4.75. The fourth-order valence-electron chi connectivity index (χ4n) is 2.23. The highest BCUT2D eigenvalue weighted by atomic mass is 35.5. The molecular formula is C14H18ClNO2. The predicted molar refractivity (Wildman–Crippen MR) is 72.3 cm³/mol. The van der Waals surface area contributed by atoms with E-state index in [0.717, 1.165) is 31.6 Å². The minimum absolute atomic E-state index is 0.174. The average molecular weight is 268 g/mol. The smallest absolute Gasteiger partial charge is 0.164 e. The minimum atomic E-state index is 0.174. The number of halogens is 1. The van der Waals surface area contributed by atoms with Gasteiger partial charge in [-0.25, -0.2) is 0 Å². The average Bonchev–Trinajstić information content (AvgIpc) is 2.85. The Hall–Kier alpha value is -0.900. The molecule has 0 spiro atoms. The molecule has 1 aromatic rings. The first-order valence-corrected chi connectivity index (χ1v) is 6.61. The number of rotatable bonds is 5. The summed E-state index contributed by atoms with van der Waals surface area (Å²) in [5, 5.41) is 0.661. The highest BCUT2D eigenvalue weighted by molar-refractivity contribution is 6.30. The molecule has 1 aliphatic rings. The molecular weight excluding hydrogens is 250 g/mol. The third kappa shape index (κ3) is 3.55. The fourth-order valence-corrected chi connectivity index (χ4v) is 2.36. The van der Waals surface area contributed by atoms with E-state index in [2.05, 4.69) is 4.90 Å². The Bertz CT molecular complexity index is 405. The molecule has 18 heavy (non-hydrogen) atoms. The van der Waals surface area contributed by atoms with E-state index in [1.165, 1.54) is 0 Å². The van der Waals surface area contributed by atoms with Crippen molar-refractivity contribution in [3.63, 3.8) is 0 Å². The lowest BCUT2D eigenvalue weighted by atomic mass is 10.1. The van der Waals surface area contributed by atoms with Crippen LogP contribution in [-0.4, -0.2) is 43.5 Å². The van der Waals surface area contributed by atoms with Gasteiger partial charge in [-0.3, -0.25) is 4.79 Å². The topological polar surface area (TPSA) is 29.5 Å². The maximum absolute atomic E-state index is 12.0. The van der Waals surface area contributed by atoms with E-state index >= 15 is 0 Å². The second kappa shape index (κ2) is 6.32. The third-order valence-corrected chi connectivity index (χ3v) is 3.64. The first kappa shape index (κ1) is 13.5. The highest BCUT2D eigenvalue weighted by Crippen LogP contribution is 2.14. The van der Waals surface area contributed by atoms with Gasteiger partial charge < -0.3 is 9.64 Å². The zero-order chi connectivity index (χ0) is 13.0. The molecule has 1 aromatic carbocycles. The summed E-state index contributed by atoms with van der Waals surface area (Å²) >= 11 is 5.80. The molecule has 0 aliphatic carbocycles. The first-order valence-electron chi connectivity index (χ1n) is 6.23. The second-order valence-corrected chi connectivity index (χ2v) is 5.06. The summed E-state index contributed by atoms with van der Waals surface area (Å²) in [5.41, 5.74) is 0.738. The number of hydrogen-bond donors (Lipinski definition) is 0. The van der Waals surface area contributed by atoms with Crippen molar-refractivity contribution in [2.24, 2.45) is 0 Å². The Morgan fingerprint density at radius 2 is 2.17 bits per heavy atom. The van der Waals surface area contributed by atoms with Crippen LogP contribution < -0.4 is 0 Å². The summed E-state index contributed by atoms with van der Waals surface area (Å²) in [4.78, 5) is 14.2. The fraction of sp³-hybridized carbons (Fsp3) is 0.500. The summed E-state index contributed by atoms with van der Waals surface area (Å²) in [7, 11) is 1.74. The lowest BCUT2D eigenvalue weighted by molar-refractivity contribution is 0.0944. The molecule has 0 amide bonds. The second-order valence-electron chi connectivity index (χ2n) is 4.63. The Morgan fingerprint density at radius 3 is 2.78 bits per heavy atom. The summed E-state index contributed by atoms with van der Waals surface area (Å²) in [6, 6.07) is 7.08. The van der Waals surface area contributed by atoms with Gasteiger partial charge in [0.2, 0.25) is 0 Å². The van der Waals surface area contributed by atoms with Crippen LogP contribution in [0.25, 0.3) is 0 Å². The van der Waals surface area contributed by atoms with Crippen LogP contribution >= 0.6 is 11.6 Å². The van der Waals surface area contributed by atoms with Crippen molar-refractivity contribution in [2.75, 3.05) is 26.7 Å². The third-order valence-electron chi connectivity index (χ3n) is 3.38. The van der Waals surface area contributed by atoms with E-state index < -0.39 is 0 Å². The molecule has 0 saturated carbocycles. The Balaban J connectivity index is 1.80. The van der Waals surface area contributed by atoms with Crippen molar-refractivity contribution in [3.05, 3.63) is 34.9 Å². The molecule has 2 rings (SSSR count). The number of hydrogen-bond acceptors (Lipinski definition) is 3. The van der Waals surface area contributed by atoms with E-state index in [1.807, 2.05) is 0 Å². The maximum atomic E-state index is 12.0. The number of carbonyl (C=O) groups excluding carboxylic acids is 1. The number of ether oxygens (including phenoxy) is 1. The lowest BCUT2D eigenvalue weighted by Gasteiger charge is -2.14. The zero-order valence-electron chi connectivity index (χ0n) is 10.6. The van der Waals surface area contributed by atoms with Gasteiger partial charge in [0.25, 0.3) is 0 Å². The van der Waals surface area contributed by atoms with Crippen LogP contribution in [0.2, 0.25) is 5.02 Å². The molecule has 1 unspecified atom stereocenters. The molecule has 1 heterocycles. The van der Waals surface area contributed by atoms with Gasteiger partial charge in [-0.1, -0.05) is 11.6 Å². The van der Waals surface area contributed by atoms with Crippen molar-refractivity contribution in [3.8, 4) is 0 Å². The van der Waals surface area contributed by atoms with Crippen molar-refractivity contribution in [2.45, 2.75) is 18.9 Å². The molecule has 98 valence electrons. The molecule has 3 nitrogen and oxygen atoms in total. The quantitative estimate of drug-likeness (QED) is 0.768. The number of likely N-dealkylation sites (tertiary alicyclic amines) is 1. The molecule has 0 bridgehead atoms. The molecule has 1 saturated heterocycles. The highest BCUT2D eigenvalue weighted by Gasteiger charge is 2.22. The summed E-state index contributed by atoms with van der Waals surface area (Å²) in [6.07, 6.45) is 1.94. The minimum Gasteiger partial charge on any atom is -0.380 e. The number of ketones is 1. The van der Waals surface area contributed by atoms with Gasteiger partial charge in [-0.2, -0.15) is 0 Å². The zero-order valence-corrected chi connectivity index (χ0v) is 11.3. The number of carbonyl (C=O) groups is 1. The number of benzene rings is 1. The molecule has 1 aliphatic heterocycles. The molecule has 0 N–H and O–H groups in total. The van der Waals surface area contributed by atoms with Crippen molar-refractivity contribution in [1.82, 2.24) is 4.90 Å². The maximum Gasteiger partial charge on any atom is 0.164 e. The normalized spacial score (nSPS) is 20.2. The van der Waals surface area contributed by atoms with E-state index in [4.69, 9.17) is 16.3 Å². The van der Waals surface area contributed by atoms with E-state index in [-0.39, 0.29) is 5.78 Å². The summed E-state index contributed by atoms with van der Waals surface area (Å²) < 4.78 is 5.30. The molecule has 4 heteroatoms. The van der Waals surface area contributed by atoms with Crippen LogP contribution in [0.3, 0.4) is 0 Å².